The molecule has 0 bridgehead atoms. The Bertz CT molecular complexity index is 888. The van der Waals surface area contributed by atoms with Gasteiger partial charge in [0.25, 0.3) is 15.7 Å². The molecule has 3 rings (SSSR count). The summed E-state index contributed by atoms with van der Waals surface area (Å²) in [6.45, 7) is 0.550. The van der Waals surface area contributed by atoms with E-state index in [0.29, 0.717) is 0 Å². The zero-order chi connectivity index (χ0) is 18.7. The van der Waals surface area contributed by atoms with Crippen LogP contribution in [0, 0.1) is 10.1 Å². The molecule has 1 aliphatic rings. The molecule has 0 amide bonds. The van der Waals surface area contributed by atoms with Gasteiger partial charge in [-0.3, -0.25) is 10.1 Å². The monoisotopic (exact) mass is 377 g/mol. The third kappa shape index (κ3) is 3.61. The Morgan fingerprint density at radius 3 is 2.38 bits per heavy atom. The first-order valence-corrected chi connectivity index (χ1v) is 9.53. The SMILES string of the molecule is O=[N+]([O-])c1ccccc1S(=O)(=O)N(Cc1ccccc1)[C@@H]1CNC[C@H]1O. The number of sulfonamides is 1. The fraction of sp³-hybridized carbons (Fsp3) is 0.294. The number of rotatable bonds is 6. The molecule has 1 saturated heterocycles. The van der Waals surface area contributed by atoms with Crippen molar-refractivity contribution in [1.29, 1.82) is 0 Å². The number of nitro groups is 1. The first-order chi connectivity index (χ1) is 12.4. The molecule has 0 aliphatic carbocycles. The van der Waals surface area contributed by atoms with Crippen LogP contribution in [0.25, 0.3) is 0 Å². The zero-order valence-corrected chi connectivity index (χ0v) is 14.7. The quantitative estimate of drug-likeness (QED) is 0.576. The van der Waals surface area contributed by atoms with Crippen LogP contribution in [0.5, 0.6) is 0 Å². The lowest BCUT2D eigenvalue weighted by atomic mass is 10.2. The molecule has 9 heteroatoms. The summed E-state index contributed by atoms with van der Waals surface area (Å²) in [5.41, 5.74) is 0.250. The Morgan fingerprint density at radius 1 is 1.12 bits per heavy atom. The number of β-amino-alcohol motifs (C(OH)–C–C–N with tert-alkyl or cyclic N) is 1. The van der Waals surface area contributed by atoms with Gasteiger partial charge in [-0.15, -0.1) is 0 Å². The van der Waals surface area contributed by atoms with Gasteiger partial charge in [0.1, 0.15) is 0 Å². The minimum Gasteiger partial charge on any atom is -0.390 e. The highest BCUT2D eigenvalue weighted by Crippen LogP contribution is 2.30. The number of hydrogen-bond acceptors (Lipinski definition) is 6. The average Bonchev–Trinajstić information content (AvgIpc) is 3.06. The summed E-state index contributed by atoms with van der Waals surface area (Å²) in [4.78, 5) is 10.2. The zero-order valence-electron chi connectivity index (χ0n) is 13.9. The minimum atomic E-state index is -4.20. The van der Waals surface area contributed by atoms with Gasteiger partial charge in [0.2, 0.25) is 0 Å². The van der Waals surface area contributed by atoms with E-state index in [0.717, 1.165) is 15.9 Å². The molecule has 0 saturated carbocycles. The molecular formula is C17H19N3O5S. The van der Waals surface area contributed by atoms with Gasteiger partial charge in [-0.2, -0.15) is 4.31 Å². The highest BCUT2D eigenvalue weighted by Gasteiger charge is 2.40. The Morgan fingerprint density at radius 2 is 1.77 bits per heavy atom. The van der Waals surface area contributed by atoms with Crippen molar-refractivity contribution in [3.8, 4) is 0 Å². The van der Waals surface area contributed by atoms with E-state index < -0.39 is 32.8 Å². The lowest BCUT2D eigenvalue weighted by Crippen LogP contribution is -2.46. The van der Waals surface area contributed by atoms with Crippen LogP contribution in [-0.2, 0) is 16.6 Å². The van der Waals surface area contributed by atoms with Crippen LogP contribution in [0.2, 0.25) is 0 Å². The van der Waals surface area contributed by atoms with Gasteiger partial charge in [-0.1, -0.05) is 42.5 Å². The van der Waals surface area contributed by atoms with Crippen LogP contribution in [0.4, 0.5) is 5.69 Å². The van der Waals surface area contributed by atoms with Gasteiger partial charge < -0.3 is 10.4 Å². The predicted octanol–water partition coefficient (Wildman–Crippen LogP) is 1.12. The normalized spacial score (nSPS) is 20.4. The molecule has 0 radical (unpaired) electrons. The topological polar surface area (TPSA) is 113 Å². The number of para-hydroxylation sites is 1. The second-order valence-electron chi connectivity index (χ2n) is 6.05. The van der Waals surface area contributed by atoms with Gasteiger partial charge in [0.15, 0.2) is 4.90 Å². The first-order valence-electron chi connectivity index (χ1n) is 8.09. The molecule has 0 unspecified atom stereocenters. The lowest BCUT2D eigenvalue weighted by Gasteiger charge is -2.29. The highest BCUT2D eigenvalue weighted by molar-refractivity contribution is 7.89. The summed E-state index contributed by atoms with van der Waals surface area (Å²) in [7, 11) is -4.20. The molecule has 2 aromatic carbocycles. The van der Waals surface area contributed by atoms with Crippen molar-refractivity contribution in [3.63, 3.8) is 0 Å². The van der Waals surface area contributed by atoms with Crippen molar-refractivity contribution >= 4 is 15.7 Å². The van der Waals surface area contributed by atoms with Crippen LogP contribution in [-0.4, -0.2) is 48.0 Å². The Hall–Kier alpha value is -2.33. The molecule has 1 heterocycles. The predicted molar refractivity (Wildman–Crippen MR) is 94.9 cm³/mol. The Balaban J connectivity index is 2.07. The van der Waals surface area contributed by atoms with Gasteiger partial charge in [-0.25, -0.2) is 8.42 Å². The van der Waals surface area contributed by atoms with E-state index in [2.05, 4.69) is 5.32 Å². The second kappa shape index (κ2) is 7.50. The van der Waals surface area contributed by atoms with Crippen LogP contribution in [0.15, 0.2) is 59.5 Å². The van der Waals surface area contributed by atoms with Gasteiger partial charge in [-0.05, 0) is 11.6 Å². The fourth-order valence-corrected chi connectivity index (χ4v) is 4.84. The van der Waals surface area contributed by atoms with Gasteiger partial charge >= 0.3 is 0 Å². The second-order valence-corrected chi connectivity index (χ2v) is 7.91. The standard InChI is InChI=1S/C17H19N3O5S/c21-16-11-18-10-15(16)19(12-13-6-2-1-3-7-13)26(24,25)17-9-5-4-8-14(17)20(22)23/h1-9,15-16,18,21H,10-12H2/t15-,16-/m1/s1. The summed E-state index contributed by atoms with van der Waals surface area (Å²) >= 11 is 0. The van der Waals surface area contributed by atoms with Crippen molar-refractivity contribution < 1.29 is 18.4 Å². The molecule has 138 valence electrons. The molecule has 2 N–H and O–H groups in total. The molecule has 0 spiro atoms. The largest absolute Gasteiger partial charge is 0.390 e. The van der Waals surface area contributed by atoms with E-state index in [1.54, 1.807) is 24.3 Å². The van der Waals surface area contributed by atoms with Crippen molar-refractivity contribution in [2.45, 2.75) is 23.6 Å². The maximum absolute atomic E-state index is 13.3. The molecule has 8 nitrogen and oxygen atoms in total. The van der Waals surface area contributed by atoms with E-state index in [4.69, 9.17) is 0 Å². The average molecular weight is 377 g/mol. The molecule has 26 heavy (non-hydrogen) atoms. The molecule has 0 aromatic heterocycles. The van der Waals surface area contributed by atoms with Crippen LogP contribution >= 0.6 is 0 Å². The van der Waals surface area contributed by atoms with Gasteiger partial charge in [0.05, 0.1) is 17.1 Å². The van der Waals surface area contributed by atoms with Crippen molar-refractivity contribution in [2.75, 3.05) is 13.1 Å². The number of aliphatic hydroxyl groups is 1. The van der Waals surface area contributed by atoms with Crippen LogP contribution in [0.3, 0.4) is 0 Å². The van der Waals surface area contributed by atoms with Crippen molar-refractivity contribution in [1.82, 2.24) is 9.62 Å². The Kier molecular flexibility index (Phi) is 5.33. The molecule has 2 atom stereocenters. The van der Waals surface area contributed by atoms with E-state index >= 15 is 0 Å². The van der Waals surface area contributed by atoms with E-state index in [1.165, 1.54) is 18.2 Å². The molecule has 1 fully saturated rings. The number of nitrogens with zero attached hydrogens (tertiary/aromatic N) is 2. The number of hydrogen-bond donors (Lipinski definition) is 2. The van der Waals surface area contributed by atoms with Crippen molar-refractivity contribution in [3.05, 3.63) is 70.3 Å². The smallest absolute Gasteiger partial charge is 0.289 e. The van der Waals surface area contributed by atoms with Crippen molar-refractivity contribution in [2.24, 2.45) is 0 Å². The van der Waals surface area contributed by atoms with Crippen LogP contribution in [0.1, 0.15) is 5.56 Å². The number of aliphatic hydroxyl groups excluding tert-OH is 1. The van der Waals surface area contributed by atoms with E-state index in [1.807, 2.05) is 6.07 Å². The minimum absolute atomic E-state index is 0.0125. The van der Waals surface area contributed by atoms with Gasteiger partial charge in [0, 0.05) is 25.7 Å². The van der Waals surface area contributed by atoms with E-state index in [9.17, 15) is 23.6 Å². The highest BCUT2D eigenvalue weighted by atomic mass is 32.2. The summed E-state index contributed by atoms with van der Waals surface area (Å²) in [5.74, 6) is 0. The van der Waals surface area contributed by atoms with E-state index in [-0.39, 0.29) is 24.5 Å². The first kappa shape index (κ1) is 18.5. The number of benzene rings is 2. The maximum atomic E-state index is 13.3. The number of nitro benzene ring substituents is 1. The lowest BCUT2D eigenvalue weighted by molar-refractivity contribution is -0.387. The third-order valence-electron chi connectivity index (χ3n) is 4.35. The summed E-state index contributed by atoms with van der Waals surface area (Å²) < 4.78 is 27.7. The Labute approximate surface area is 151 Å². The van der Waals surface area contributed by atoms with Crippen LogP contribution < -0.4 is 5.32 Å². The summed E-state index contributed by atoms with van der Waals surface area (Å²) in [6.07, 6.45) is -0.892. The summed E-state index contributed by atoms with van der Waals surface area (Å²) in [6, 6.07) is 13.5. The molecular weight excluding hydrogens is 358 g/mol. The molecule has 1 aliphatic heterocycles. The number of nitrogens with one attached hydrogen (secondary N) is 1. The summed E-state index contributed by atoms with van der Waals surface area (Å²) in [5, 5.41) is 24.5. The fourth-order valence-electron chi connectivity index (χ4n) is 3.04. The third-order valence-corrected chi connectivity index (χ3v) is 6.27. The maximum Gasteiger partial charge on any atom is 0.289 e. The molecule has 2 aromatic rings.